The van der Waals surface area contributed by atoms with Gasteiger partial charge in [-0.2, -0.15) is 5.26 Å². The largest absolute Gasteiger partial charge is 0.316 e. The van der Waals surface area contributed by atoms with Crippen LogP contribution >= 0.6 is 15.9 Å². The smallest absolute Gasteiger partial charge is 0.123 e. The van der Waals surface area contributed by atoms with Crippen LogP contribution in [0.1, 0.15) is 24.0 Å². The van der Waals surface area contributed by atoms with Crippen molar-refractivity contribution in [3.63, 3.8) is 0 Å². The molecule has 0 saturated carbocycles. The predicted molar refractivity (Wildman–Crippen MR) is 73.7 cm³/mol. The van der Waals surface area contributed by atoms with E-state index in [1.54, 1.807) is 0 Å². The second kappa shape index (κ2) is 4.83. The molecule has 0 radical (unpaired) electrons. The molecule has 2 heterocycles. The first-order chi connectivity index (χ1) is 8.78. The Morgan fingerprint density at radius 1 is 1.50 bits per heavy atom. The summed E-state index contributed by atoms with van der Waals surface area (Å²) < 4.78 is 0.631. The first-order valence-electron chi connectivity index (χ1n) is 6.25. The van der Waals surface area contributed by atoms with Gasteiger partial charge >= 0.3 is 0 Å². The molecule has 2 unspecified atom stereocenters. The number of fused-ring (bicyclic) bond motifs is 1. The summed E-state index contributed by atoms with van der Waals surface area (Å²) in [5, 5.41) is 12.5. The number of hydrogen-bond donors (Lipinski definition) is 1. The van der Waals surface area contributed by atoms with E-state index in [1.165, 1.54) is 12.0 Å². The number of rotatable bonds is 1. The number of piperidine rings is 1. The SMILES string of the molecule is N#Cc1cc(C2=CC3CCNCC3C2)cnc1Br. The lowest BCUT2D eigenvalue weighted by Crippen LogP contribution is -2.33. The van der Waals surface area contributed by atoms with Gasteiger partial charge in [0.1, 0.15) is 10.7 Å². The molecule has 3 rings (SSSR count). The number of nitrogens with one attached hydrogen (secondary N) is 1. The standard InChI is InChI=1S/C14H14BrN3/c15-14-11(6-16)5-13(8-18-14)10-3-9-1-2-17-7-12(9)4-10/h3,5,8-9,12,17H,1-2,4,7H2. The van der Waals surface area contributed by atoms with E-state index in [4.69, 9.17) is 5.26 Å². The molecule has 1 fully saturated rings. The van der Waals surface area contributed by atoms with E-state index in [2.05, 4.69) is 38.4 Å². The fourth-order valence-corrected chi connectivity index (χ4v) is 3.22. The number of pyridine rings is 1. The number of allylic oxidation sites excluding steroid dienone is 2. The molecule has 1 aromatic heterocycles. The molecular formula is C14H14BrN3. The predicted octanol–water partition coefficient (Wildman–Crippen LogP) is 2.73. The third kappa shape index (κ3) is 2.09. The van der Waals surface area contributed by atoms with Gasteiger partial charge in [0.05, 0.1) is 5.56 Å². The van der Waals surface area contributed by atoms with Gasteiger partial charge in [-0.25, -0.2) is 4.98 Å². The average Bonchev–Trinajstić information content (AvgIpc) is 2.83. The van der Waals surface area contributed by atoms with E-state index < -0.39 is 0 Å². The lowest BCUT2D eigenvalue weighted by molar-refractivity contribution is 0.324. The zero-order valence-corrected chi connectivity index (χ0v) is 11.6. The summed E-state index contributed by atoms with van der Waals surface area (Å²) in [5.41, 5.74) is 3.07. The number of nitriles is 1. The Hall–Kier alpha value is -1.18. The van der Waals surface area contributed by atoms with Crippen LogP contribution in [0, 0.1) is 23.2 Å². The third-order valence-electron chi connectivity index (χ3n) is 3.89. The Morgan fingerprint density at radius 3 is 3.17 bits per heavy atom. The Morgan fingerprint density at radius 2 is 2.39 bits per heavy atom. The van der Waals surface area contributed by atoms with Crippen molar-refractivity contribution in [3.8, 4) is 6.07 Å². The van der Waals surface area contributed by atoms with Gasteiger partial charge in [-0.15, -0.1) is 0 Å². The summed E-state index contributed by atoms with van der Waals surface area (Å²) in [6.07, 6.45) is 6.58. The van der Waals surface area contributed by atoms with Crippen LogP contribution in [0.4, 0.5) is 0 Å². The Balaban J connectivity index is 1.90. The topological polar surface area (TPSA) is 48.7 Å². The Bertz CT molecular complexity index is 544. The Kier molecular flexibility index (Phi) is 3.19. The molecule has 2 aliphatic rings. The Labute approximate surface area is 115 Å². The first kappa shape index (κ1) is 11.9. The molecule has 1 aromatic rings. The molecule has 0 spiro atoms. The van der Waals surface area contributed by atoms with Gasteiger partial charge in [0.15, 0.2) is 0 Å². The fraction of sp³-hybridized carbons (Fsp3) is 0.429. The van der Waals surface area contributed by atoms with Gasteiger partial charge in [0.25, 0.3) is 0 Å². The van der Waals surface area contributed by atoms with Gasteiger partial charge in [-0.1, -0.05) is 6.08 Å². The van der Waals surface area contributed by atoms with Crippen LogP contribution in [-0.4, -0.2) is 18.1 Å². The van der Waals surface area contributed by atoms with Crippen molar-refractivity contribution < 1.29 is 0 Å². The van der Waals surface area contributed by atoms with Gasteiger partial charge < -0.3 is 5.32 Å². The highest BCUT2D eigenvalue weighted by Gasteiger charge is 2.30. The summed E-state index contributed by atoms with van der Waals surface area (Å²) in [4.78, 5) is 4.25. The van der Waals surface area contributed by atoms with Crippen LogP contribution in [-0.2, 0) is 0 Å². The van der Waals surface area contributed by atoms with Gasteiger partial charge in [0, 0.05) is 6.20 Å². The number of aromatic nitrogens is 1. The summed E-state index contributed by atoms with van der Waals surface area (Å²) in [7, 11) is 0. The molecule has 2 atom stereocenters. The van der Waals surface area contributed by atoms with E-state index in [1.807, 2.05) is 12.3 Å². The van der Waals surface area contributed by atoms with Crippen molar-refractivity contribution in [2.24, 2.45) is 11.8 Å². The minimum absolute atomic E-state index is 0.612. The second-order valence-corrected chi connectivity index (χ2v) is 5.74. The summed E-state index contributed by atoms with van der Waals surface area (Å²) in [6, 6.07) is 4.11. The first-order valence-corrected chi connectivity index (χ1v) is 7.04. The minimum Gasteiger partial charge on any atom is -0.316 e. The molecule has 92 valence electrons. The van der Waals surface area contributed by atoms with E-state index in [9.17, 15) is 0 Å². The lowest BCUT2D eigenvalue weighted by atomic mass is 9.89. The van der Waals surface area contributed by atoms with E-state index in [0.29, 0.717) is 16.1 Å². The molecule has 1 aliphatic carbocycles. The van der Waals surface area contributed by atoms with Crippen molar-refractivity contribution in [3.05, 3.63) is 34.1 Å². The number of hydrogen-bond acceptors (Lipinski definition) is 3. The highest BCUT2D eigenvalue weighted by atomic mass is 79.9. The van der Waals surface area contributed by atoms with Gasteiger partial charge in [-0.3, -0.25) is 0 Å². The zero-order chi connectivity index (χ0) is 12.5. The van der Waals surface area contributed by atoms with Crippen molar-refractivity contribution in [1.29, 1.82) is 5.26 Å². The maximum Gasteiger partial charge on any atom is 0.123 e. The van der Waals surface area contributed by atoms with Crippen molar-refractivity contribution >= 4 is 21.5 Å². The molecule has 1 aliphatic heterocycles. The summed E-state index contributed by atoms with van der Waals surface area (Å²) in [6.45, 7) is 2.23. The maximum absolute atomic E-state index is 9.04. The fourth-order valence-electron chi connectivity index (χ4n) is 2.91. The molecular weight excluding hydrogens is 290 g/mol. The van der Waals surface area contributed by atoms with Crippen molar-refractivity contribution in [1.82, 2.24) is 10.3 Å². The quantitative estimate of drug-likeness (QED) is 0.812. The van der Waals surface area contributed by atoms with Crippen LogP contribution in [0.15, 0.2) is 22.9 Å². The van der Waals surface area contributed by atoms with Crippen molar-refractivity contribution in [2.45, 2.75) is 12.8 Å². The number of halogens is 1. The van der Waals surface area contributed by atoms with Crippen LogP contribution in [0.25, 0.3) is 5.57 Å². The minimum atomic E-state index is 0.612. The highest BCUT2D eigenvalue weighted by Crippen LogP contribution is 2.39. The molecule has 1 saturated heterocycles. The normalized spacial score (nSPS) is 26.3. The third-order valence-corrected chi connectivity index (χ3v) is 4.53. The van der Waals surface area contributed by atoms with Crippen molar-refractivity contribution in [2.75, 3.05) is 13.1 Å². The van der Waals surface area contributed by atoms with Crippen LogP contribution < -0.4 is 5.32 Å². The molecule has 18 heavy (non-hydrogen) atoms. The van der Waals surface area contributed by atoms with Crippen LogP contribution in [0.5, 0.6) is 0 Å². The molecule has 0 aromatic carbocycles. The summed E-state index contributed by atoms with van der Waals surface area (Å²) >= 11 is 3.30. The highest BCUT2D eigenvalue weighted by molar-refractivity contribution is 9.10. The van der Waals surface area contributed by atoms with E-state index >= 15 is 0 Å². The molecule has 3 nitrogen and oxygen atoms in total. The van der Waals surface area contributed by atoms with Crippen LogP contribution in [0.3, 0.4) is 0 Å². The van der Waals surface area contributed by atoms with E-state index in [0.717, 1.165) is 31.0 Å². The molecule has 0 bridgehead atoms. The van der Waals surface area contributed by atoms with Crippen LogP contribution in [0.2, 0.25) is 0 Å². The number of nitrogens with zero attached hydrogens (tertiary/aromatic N) is 2. The maximum atomic E-state index is 9.04. The molecule has 1 N–H and O–H groups in total. The molecule has 4 heteroatoms. The van der Waals surface area contributed by atoms with Gasteiger partial charge in [0.2, 0.25) is 0 Å². The average molecular weight is 304 g/mol. The second-order valence-electron chi connectivity index (χ2n) is 4.99. The monoisotopic (exact) mass is 303 g/mol. The lowest BCUT2D eigenvalue weighted by Gasteiger charge is -2.25. The zero-order valence-electron chi connectivity index (χ0n) is 9.99. The summed E-state index contributed by atoms with van der Waals surface area (Å²) in [5.74, 6) is 1.43. The van der Waals surface area contributed by atoms with E-state index in [-0.39, 0.29) is 0 Å². The molecule has 0 amide bonds. The van der Waals surface area contributed by atoms with Gasteiger partial charge in [-0.05, 0) is 70.9 Å².